The lowest BCUT2D eigenvalue weighted by atomic mass is 10.1. The van der Waals surface area contributed by atoms with Gasteiger partial charge in [0.1, 0.15) is 5.60 Å². The fourth-order valence-corrected chi connectivity index (χ4v) is 1.13. The van der Waals surface area contributed by atoms with Crippen LogP contribution in [0.15, 0.2) is 0 Å². The van der Waals surface area contributed by atoms with Crippen LogP contribution in [0.3, 0.4) is 0 Å². The van der Waals surface area contributed by atoms with Gasteiger partial charge in [-0.3, -0.25) is 4.79 Å². The van der Waals surface area contributed by atoms with Crippen LogP contribution in [0.25, 0.3) is 0 Å². The number of carbonyl (C=O) groups excluding carboxylic acids is 2. The lowest BCUT2D eigenvalue weighted by Crippen LogP contribution is -2.47. The molecule has 0 fully saturated rings. The average Bonchev–Trinajstić information content (AvgIpc) is 2.24. The van der Waals surface area contributed by atoms with Gasteiger partial charge in [0.25, 0.3) is 0 Å². The number of alkyl carbamates (subject to hydrolysis) is 1. The molecular weight excluding hydrogens is 242 g/mol. The van der Waals surface area contributed by atoms with Crippen LogP contribution in [0.1, 0.15) is 27.2 Å². The Balaban J connectivity index is 4.49. The molecule has 0 aliphatic carbocycles. The van der Waals surface area contributed by atoms with Crippen LogP contribution < -0.4 is 5.32 Å². The molecule has 1 amide bonds. The summed E-state index contributed by atoms with van der Waals surface area (Å²) in [7, 11) is 1.19. The van der Waals surface area contributed by atoms with E-state index in [1.807, 2.05) is 0 Å². The van der Waals surface area contributed by atoms with E-state index in [2.05, 4.69) is 10.1 Å². The third-order valence-corrected chi connectivity index (χ3v) is 1.97. The molecule has 7 heteroatoms. The van der Waals surface area contributed by atoms with Crippen molar-refractivity contribution in [1.29, 1.82) is 0 Å². The van der Waals surface area contributed by atoms with E-state index in [-0.39, 0.29) is 6.42 Å². The summed E-state index contributed by atoms with van der Waals surface area (Å²) in [5.41, 5.74) is -0.690. The highest BCUT2D eigenvalue weighted by Gasteiger charge is 2.26. The molecule has 0 heterocycles. The molecule has 0 spiro atoms. The minimum absolute atomic E-state index is 0.253. The van der Waals surface area contributed by atoms with E-state index < -0.39 is 36.4 Å². The van der Waals surface area contributed by atoms with Crippen molar-refractivity contribution in [3.8, 4) is 0 Å². The number of esters is 1. The van der Waals surface area contributed by atoms with Crippen LogP contribution in [-0.2, 0) is 14.3 Å². The van der Waals surface area contributed by atoms with Crippen molar-refractivity contribution >= 4 is 12.1 Å². The summed E-state index contributed by atoms with van der Waals surface area (Å²) in [6.07, 6.45) is -2.29. The van der Waals surface area contributed by atoms with E-state index in [0.29, 0.717) is 0 Å². The topological polar surface area (TPSA) is 105 Å². The Labute approximate surface area is 106 Å². The highest BCUT2D eigenvalue weighted by molar-refractivity contribution is 5.73. The van der Waals surface area contributed by atoms with E-state index >= 15 is 0 Å². The summed E-state index contributed by atoms with van der Waals surface area (Å²) >= 11 is 0. The maximum Gasteiger partial charge on any atom is 0.407 e. The Morgan fingerprint density at radius 3 is 2.28 bits per heavy atom. The number of aliphatic hydroxyl groups is 2. The first-order valence-corrected chi connectivity index (χ1v) is 5.55. The number of hydrogen-bond acceptors (Lipinski definition) is 6. The summed E-state index contributed by atoms with van der Waals surface area (Å²) < 4.78 is 9.42. The van der Waals surface area contributed by atoms with Gasteiger partial charge in [0.05, 0.1) is 32.3 Å². The number of hydrogen-bond donors (Lipinski definition) is 3. The summed E-state index contributed by atoms with van der Waals surface area (Å²) in [4.78, 5) is 22.6. The molecule has 2 atom stereocenters. The number of aliphatic hydroxyl groups excluding tert-OH is 2. The highest BCUT2D eigenvalue weighted by atomic mass is 16.6. The van der Waals surface area contributed by atoms with Crippen molar-refractivity contribution in [3.63, 3.8) is 0 Å². The molecular formula is C11H21NO6. The molecule has 3 N–H and O–H groups in total. The number of rotatable bonds is 5. The van der Waals surface area contributed by atoms with Gasteiger partial charge in [0.2, 0.25) is 0 Å². The number of methoxy groups -OCH3 is 1. The second-order valence-corrected chi connectivity index (χ2v) is 4.78. The molecule has 0 bridgehead atoms. The first-order valence-electron chi connectivity index (χ1n) is 5.55. The van der Waals surface area contributed by atoms with Crippen LogP contribution in [0.5, 0.6) is 0 Å². The first kappa shape index (κ1) is 16.7. The van der Waals surface area contributed by atoms with Crippen LogP contribution in [-0.4, -0.2) is 53.7 Å². The molecule has 0 aliphatic rings. The van der Waals surface area contributed by atoms with E-state index in [0.717, 1.165) is 0 Å². The summed E-state index contributed by atoms with van der Waals surface area (Å²) in [5, 5.41) is 20.6. The zero-order valence-corrected chi connectivity index (χ0v) is 11.1. The van der Waals surface area contributed by atoms with E-state index in [1.54, 1.807) is 20.8 Å². The Bertz CT molecular complexity index is 286. The Morgan fingerprint density at radius 1 is 1.33 bits per heavy atom. The van der Waals surface area contributed by atoms with Crippen molar-refractivity contribution in [2.75, 3.05) is 13.7 Å². The summed E-state index contributed by atoms with van der Waals surface area (Å²) in [5.74, 6) is -0.608. The number of carbonyl (C=O) groups is 2. The quantitative estimate of drug-likeness (QED) is 0.593. The van der Waals surface area contributed by atoms with Gasteiger partial charge in [0.15, 0.2) is 0 Å². The largest absolute Gasteiger partial charge is 0.469 e. The Morgan fingerprint density at radius 2 is 1.89 bits per heavy atom. The smallest absolute Gasteiger partial charge is 0.407 e. The minimum atomic E-state index is -1.27. The van der Waals surface area contributed by atoms with Gasteiger partial charge in [0, 0.05) is 0 Å². The molecule has 7 nitrogen and oxygen atoms in total. The minimum Gasteiger partial charge on any atom is -0.469 e. The number of ether oxygens (including phenoxy) is 2. The molecule has 18 heavy (non-hydrogen) atoms. The molecule has 0 unspecified atom stereocenters. The normalized spacial score (nSPS) is 14.6. The zero-order chi connectivity index (χ0) is 14.3. The van der Waals surface area contributed by atoms with E-state index in [9.17, 15) is 14.7 Å². The monoisotopic (exact) mass is 263 g/mol. The van der Waals surface area contributed by atoms with Gasteiger partial charge < -0.3 is 25.0 Å². The summed E-state index contributed by atoms with van der Waals surface area (Å²) in [6, 6.07) is -0.961. The van der Waals surface area contributed by atoms with Gasteiger partial charge in [-0.1, -0.05) is 0 Å². The average molecular weight is 263 g/mol. The van der Waals surface area contributed by atoms with Gasteiger partial charge in [-0.25, -0.2) is 4.79 Å². The van der Waals surface area contributed by atoms with Crippen molar-refractivity contribution in [2.24, 2.45) is 0 Å². The maximum absolute atomic E-state index is 11.5. The predicted molar refractivity (Wildman–Crippen MR) is 62.9 cm³/mol. The zero-order valence-electron chi connectivity index (χ0n) is 11.1. The van der Waals surface area contributed by atoms with Crippen LogP contribution >= 0.6 is 0 Å². The van der Waals surface area contributed by atoms with E-state index in [4.69, 9.17) is 9.84 Å². The lowest BCUT2D eigenvalue weighted by molar-refractivity contribution is -0.142. The third-order valence-electron chi connectivity index (χ3n) is 1.97. The maximum atomic E-state index is 11.5. The molecule has 0 radical (unpaired) electrons. The molecule has 0 rings (SSSR count). The highest BCUT2D eigenvalue weighted by Crippen LogP contribution is 2.08. The Hall–Kier alpha value is -1.34. The molecule has 0 aromatic heterocycles. The molecule has 0 aliphatic heterocycles. The molecule has 0 saturated heterocycles. The predicted octanol–water partition coefficient (Wildman–Crippen LogP) is -0.204. The fourth-order valence-electron chi connectivity index (χ4n) is 1.13. The van der Waals surface area contributed by atoms with Crippen LogP contribution in [0.2, 0.25) is 0 Å². The second kappa shape index (κ2) is 7.17. The van der Waals surface area contributed by atoms with Gasteiger partial charge in [-0.2, -0.15) is 0 Å². The standard InChI is InChI=1S/C11H21NO6/c1-11(2,3)18-10(16)12-7(8(14)6-13)5-9(15)17-4/h7-8,13-14H,5-6H2,1-4H3,(H,12,16)/t7-,8+/m0/s1. The van der Waals surface area contributed by atoms with Crippen LogP contribution in [0, 0.1) is 0 Å². The van der Waals surface area contributed by atoms with Crippen molar-refractivity contribution in [1.82, 2.24) is 5.32 Å². The first-order chi connectivity index (χ1) is 8.19. The number of nitrogens with one attached hydrogen (secondary N) is 1. The molecule has 0 saturated carbocycles. The molecule has 106 valence electrons. The van der Waals surface area contributed by atoms with Gasteiger partial charge in [-0.15, -0.1) is 0 Å². The third kappa shape index (κ3) is 7.08. The Kier molecular flexibility index (Phi) is 6.64. The SMILES string of the molecule is COC(=O)C[C@H](NC(=O)OC(C)(C)C)[C@H](O)CO. The lowest BCUT2D eigenvalue weighted by Gasteiger charge is -2.25. The van der Waals surface area contributed by atoms with Gasteiger partial charge >= 0.3 is 12.1 Å². The van der Waals surface area contributed by atoms with Gasteiger partial charge in [-0.05, 0) is 20.8 Å². The number of amides is 1. The van der Waals surface area contributed by atoms with Crippen LogP contribution in [0.4, 0.5) is 4.79 Å². The second-order valence-electron chi connectivity index (χ2n) is 4.78. The fraction of sp³-hybridized carbons (Fsp3) is 0.818. The summed E-state index contributed by atoms with van der Waals surface area (Å²) in [6.45, 7) is 4.47. The van der Waals surface area contributed by atoms with Crippen molar-refractivity contribution < 1.29 is 29.3 Å². The van der Waals surface area contributed by atoms with Crippen molar-refractivity contribution in [2.45, 2.75) is 44.9 Å². The molecule has 0 aromatic rings. The molecule has 0 aromatic carbocycles. The van der Waals surface area contributed by atoms with Crippen molar-refractivity contribution in [3.05, 3.63) is 0 Å². The van der Waals surface area contributed by atoms with E-state index in [1.165, 1.54) is 7.11 Å².